The Morgan fingerprint density at radius 3 is 1.69 bits per heavy atom. The van der Waals surface area contributed by atoms with Crippen LogP contribution in [0.5, 0.6) is 0 Å². The Kier molecular flexibility index (Phi) is 28.6. The quantitative estimate of drug-likeness (QED) is 0.0132. The second-order valence-electron chi connectivity index (χ2n) is 9.40. The van der Waals surface area contributed by atoms with Gasteiger partial charge in [-0.1, -0.05) is 10.3 Å². The van der Waals surface area contributed by atoms with Crippen LogP contribution in [0.15, 0.2) is 207 Å². The highest BCUT2D eigenvalue weighted by atomic mass is 31.2. The van der Waals surface area contributed by atoms with Crippen molar-refractivity contribution >= 4 is 19.4 Å². The Morgan fingerprint density at radius 1 is 0.687 bits per heavy atom. The second-order valence-corrected chi connectivity index (χ2v) is 10.8. The fourth-order valence-electron chi connectivity index (χ4n) is 3.18. The Bertz CT molecular complexity index is 2420. The van der Waals surface area contributed by atoms with Crippen LogP contribution in [-0.4, -0.2) is 52.2 Å². The summed E-state index contributed by atoms with van der Waals surface area (Å²) in [5.41, 5.74) is 23.0. The number of benzene rings is 1. The topological polar surface area (TPSA) is 651 Å². The summed E-state index contributed by atoms with van der Waals surface area (Å²) in [7, 11) is -4.71. The molecule has 2 aromatic rings. The lowest BCUT2D eigenvalue weighted by atomic mass is 10.1. The number of ether oxygens (including phenoxy) is 1. The van der Waals surface area contributed by atoms with E-state index in [0.717, 1.165) is 0 Å². The van der Waals surface area contributed by atoms with E-state index in [2.05, 4.69) is 208 Å². The van der Waals surface area contributed by atoms with Crippen molar-refractivity contribution in [1.82, 2.24) is 20.3 Å². The molecule has 348 valence electrons. The first-order chi connectivity index (χ1) is 32.9. The van der Waals surface area contributed by atoms with Crippen molar-refractivity contribution in [1.29, 1.82) is 11.1 Å². The molecule has 1 atom stereocenters. The van der Waals surface area contributed by atoms with Crippen LogP contribution in [0.2, 0.25) is 0 Å². The van der Waals surface area contributed by atoms with Gasteiger partial charge in [-0.3, -0.25) is 18.8 Å². The van der Waals surface area contributed by atoms with Gasteiger partial charge in [-0.2, -0.15) is 11.1 Å². The van der Waals surface area contributed by atoms with Gasteiger partial charge in [0, 0.05) is 106 Å². The highest BCUT2D eigenvalue weighted by Crippen LogP contribution is 2.43. The van der Waals surface area contributed by atoms with Crippen LogP contribution in [0.4, 0.5) is 5.69 Å². The van der Waals surface area contributed by atoms with Gasteiger partial charge in [0.2, 0.25) is 5.91 Å². The molecule has 1 unspecified atom stereocenters. The van der Waals surface area contributed by atoms with Gasteiger partial charge in [0.15, 0.2) is 0 Å². The van der Waals surface area contributed by atoms with Gasteiger partial charge >= 0.3 is 7.82 Å². The number of phosphoric acid groups is 1. The maximum Gasteiger partial charge on any atom is 0.549 e. The molecule has 0 saturated heterocycles. The van der Waals surface area contributed by atoms with E-state index in [1.807, 2.05) is 0 Å². The molecule has 0 aliphatic heterocycles. The van der Waals surface area contributed by atoms with Crippen LogP contribution < -0.4 is 5.32 Å². The molecule has 2 rings (SSSR count). The molecule has 67 heavy (non-hydrogen) atoms. The maximum absolute atomic E-state index is 12.6. The molecule has 0 aliphatic rings. The summed E-state index contributed by atoms with van der Waals surface area (Å²) in [6, 6.07) is 4.61. The molecular weight excluding hydrogens is 937 g/mol. The molecule has 0 saturated carbocycles. The average molecular weight is 960 g/mol. The zero-order chi connectivity index (χ0) is 48.1. The second kappa shape index (κ2) is 36.3. The molecule has 1 aromatic heterocycles. The van der Waals surface area contributed by atoms with Crippen LogP contribution >= 0.6 is 7.82 Å². The number of aromatic nitrogens is 3. The number of phosphoric ester groups is 1. The van der Waals surface area contributed by atoms with Crippen molar-refractivity contribution in [3.05, 3.63) is 46.1 Å². The number of nitrogens with one attached hydrogen (secondary N) is 3. The van der Waals surface area contributed by atoms with Gasteiger partial charge in [-0.15, -0.1) is 5.10 Å². The van der Waals surface area contributed by atoms with E-state index in [1.165, 1.54) is 23.0 Å². The number of hydrogen-bond acceptors (Lipinski definition) is 13. The van der Waals surface area contributed by atoms with E-state index < -0.39 is 13.7 Å². The largest absolute Gasteiger partial charge is 0.549 e. The summed E-state index contributed by atoms with van der Waals surface area (Å²) in [4.78, 5) is 29.9. The van der Waals surface area contributed by atoms with Crippen LogP contribution in [0.25, 0.3) is 16.1 Å². The molecule has 0 bridgehead atoms. The van der Waals surface area contributed by atoms with E-state index >= 15 is 0 Å². The molecule has 51 heteroatoms. The number of nitrogens with zero attached hydrogens (tertiary/aromatic N) is 40. The fraction of sp³-hybridized carbons (Fsp3) is 0.438. The lowest BCUT2D eigenvalue weighted by molar-refractivity contribution is -0.120. The van der Waals surface area contributed by atoms with Gasteiger partial charge in [-0.25, -0.2) is 9.25 Å². The molecule has 1 aromatic carbocycles. The molecule has 0 radical (unpaired) electrons. The molecular formula is C16H22N43O7P. The summed E-state index contributed by atoms with van der Waals surface area (Å²) >= 11 is 0. The normalized spacial score (nSPS) is 14.0. The maximum atomic E-state index is 12.6. The zero-order valence-corrected chi connectivity index (χ0v) is 33.4. The minimum Gasteiger partial charge on any atom is -0.376 e. The third kappa shape index (κ3) is 29.5. The molecule has 0 aliphatic carbocycles. The summed E-state index contributed by atoms with van der Waals surface area (Å²) in [6.07, 6.45) is 1.45. The number of carbonyl (C=O) groups is 1. The molecule has 50 nitrogen and oxygen atoms in total. The Balaban J connectivity index is 1.68. The first-order valence-corrected chi connectivity index (χ1v) is 17.7. The smallest absolute Gasteiger partial charge is 0.376 e. The Labute approximate surface area is 364 Å². The Hall–Kier alpha value is -10.3. The van der Waals surface area contributed by atoms with Crippen LogP contribution in [0.1, 0.15) is 17.7 Å². The standard InChI is InChI=1S/C16H22N43O7P/c17-23-21-13-6-12(8-16(60)20-2-1-3-65-67(61,62)66-58-55-53-51-49-47-45-43-41-39-37-35-33-31-29-27-25-19)7-15(9-13)59-10-14(22-56-59)11-63-4-5-64-57-54-52-50-48-46-44-42-40-38-36-34-32-30-28-26-24-18/h6-7,9-10,18-19H,1-5,8,11H2,(H,20,60)(H,61,62)/b24-18?,25-19?,28-26+,29-27+,32-30+,33-31+,36-34+,37-35+,40-38+,41-39+,44-42+,45-43+,48-46+,49-47+,52-50+,53-51+,57-54+,58-55-. The van der Waals surface area contributed by atoms with E-state index in [4.69, 9.17) is 30.7 Å². The third-order valence-electron chi connectivity index (χ3n) is 5.24. The lowest BCUT2D eigenvalue weighted by Gasteiger charge is -2.09. The van der Waals surface area contributed by atoms with E-state index in [0.29, 0.717) is 16.9 Å². The zero-order valence-electron chi connectivity index (χ0n) is 32.5. The Morgan fingerprint density at radius 2 is 1.18 bits per heavy atom. The van der Waals surface area contributed by atoms with Crippen molar-refractivity contribution in [3.8, 4) is 5.69 Å². The van der Waals surface area contributed by atoms with Gasteiger partial charge in [0.25, 0.3) is 0 Å². The van der Waals surface area contributed by atoms with E-state index in [9.17, 15) is 14.3 Å². The number of carbonyl (C=O) groups excluding carboxylic acids is 1. The minimum atomic E-state index is -4.71. The number of amides is 1. The SMILES string of the molecule is [N-]=[N+]=Nc1cc(CC(=O)NCCCOP(=O)(O)O\N=N/N=N/N=N/N=N/N=N/N=N/N=N/N=N/N=N)cc(-n2cc(COCCO/N=N/N=N/N=N/N=N/N=N/N=N/N=N/N=N/N=N)nn2)c1. The van der Waals surface area contributed by atoms with Gasteiger partial charge in [-0.05, 0) is 119 Å². The van der Waals surface area contributed by atoms with Crippen molar-refractivity contribution in [2.45, 2.75) is 19.4 Å². The van der Waals surface area contributed by atoms with Gasteiger partial charge in [0.05, 0.1) is 43.4 Å². The predicted octanol–water partition coefficient (Wildman–Crippen LogP) is 8.69. The third-order valence-corrected chi connectivity index (χ3v) is 6.03. The monoisotopic (exact) mass is 959 g/mol. The van der Waals surface area contributed by atoms with Crippen molar-refractivity contribution in [3.63, 3.8) is 0 Å². The summed E-state index contributed by atoms with van der Waals surface area (Å²) < 4.78 is 27.7. The highest BCUT2D eigenvalue weighted by Gasteiger charge is 2.22. The first-order valence-electron chi connectivity index (χ1n) is 16.2. The van der Waals surface area contributed by atoms with Gasteiger partial charge < -0.3 is 14.9 Å². The fourth-order valence-corrected chi connectivity index (χ4v) is 3.71. The first kappa shape index (κ1) is 52.8. The minimum absolute atomic E-state index is 0.0130. The summed E-state index contributed by atoms with van der Waals surface area (Å²) in [5, 5.41) is 115. The molecule has 4 N–H and O–H groups in total. The van der Waals surface area contributed by atoms with Crippen LogP contribution in [-0.2, 0) is 41.1 Å². The van der Waals surface area contributed by atoms with E-state index in [-0.39, 0.29) is 51.5 Å². The molecule has 0 spiro atoms. The predicted molar refractivity (Wildman–Crippen MR) is 192 cm³/mol. The number of hydrogen-bond donors (Lipinski definition) is 4. The van der Waals surface area contributed by atoms with E-state index in [1.54, 1.807) is 6.07 Å². The highest BCUT2D eigenvalue weighted by molar-refractivity contribution is 7.47. The molecule has 1 heterocycles. The van der Waals surface area contributed by atoms with Crippen molar-refractivity contribution in [2.24, 2.45) is 183 Å². The summed E-state index contributed by atoms with van der Waals surface area (Å²) in [5.74, 6) is -0.450. The molecule has 0 fully saturated rings. The number of azide groups is 1. The van der Waals surface area contributed by atoms with Crippen molar-refractivity contribution < 1.29 is 33.0 Å². The average Bonchev–Trinajstić information content (AvgIpc) is 3.79. The molecule has 1 amide bonds. The van der Waals surface area contributed by atoms with Crippen LogP contribution in [0.3, 0.4) is 0 Å². The summed E-state index contributed by atoms with van der Waals surface area (Å²) in [6.45, 7) is -0.294. The van der Waals surface area contributed by atoms with Crippen molar-refractivity contribution in [2.75, 3.05) is 26.4 Å². The lowest BCUT2D eigenvalue weighted by Crippen LogP contribution is -2.26. The van der Waals surface area contributed by atoms with Gasteiger partial charge in [0.1, 0.15) is 12.3 Å². The van der Waals surface area contributed by atoms with Crippen LogP contribution in [0, 0.1) is 11.1 Å². The number of rotatable bonds is 33.